The fourth-order valence-electron chi connectivity index (χ4n) is 3.08. The zero-order chi connectivity index (χ0) is 20.6. The molecule has 0 aliphatic heterocycles. The summed E-state index contributed by atoms with van der Waals surface area (Å²) < 4.78 is 11.1. The minimum atomic E-state index is -0.675. The number of hydrogen-bond donors (Lipinski definition) is 0. The minimum Gasteiger partial charge on any atom is -0.459 e. The topological polar surface area (TPSA) is 142 Å². The van der Waals surface area contributed by atoms with E-state index in [1.165, 1.54) is 26.0 Å². The van der Waals surface area contributed by atoms with Gasteiger partial charge in [-0.2, -0.15) is 10.5 Å². The molecule has 0 unspecified atom stereocenters. The first-order chi connectivity index (χ1) is 13.3. The number of carbonyl (C=O) groups is 2. The Labute approximate surface area is 157 Å². The summed E-state index contributed by atoms with van der Waals surface area (Å²) in [6.07, 6.45) is -0.573. The third kappa shape index (κ3) is 2.87. The highest BCUT2D eigenvalue weighted by molar-refractivity contribution is 6.02. The van der Waals surface area contributed by atoms with Crippen molar-refractivity contribution in [2.24, 2.45) is 0 Å². The molecule has 0 N–H and O–H groups in total. The van der Waals surface area contributed by atoms with Gasteiger partial charge in [-0.1, -0.05) is 0 Å². The molecule has 1 aromatic carbocycles. The van der Waals surface area contributed by atoms with Crippen LogP contribution in [0.5, 0.6) is 0 Å². The monoisotopic (exact) mass is 376 g/mol. The summed E-state index contributed by atoms with van der Waals surface area (Å²) >= 11 is 0. The van der Waals surface area contributed by atoms with Crippen molar-refractivity contribution in [1.82, 2.24) is 0 Å². The Morgan fingerprint density at radius 2 is 1.21 bits per heavy atom. The van der Waals surface area contributed by atoms with Crippen molar-refractivity contribution in [3.8, 4) is 12.1 Å². The van der Waals surface area contributed by atoms with Crippen molar-refractivity contribution in [3.63, 3.8) is 0 Å². The van der Waals surface area contributed by atoms with Gasteiger partial charge in [0.05, 0.1) is 35.8 Å². The van der Waals surface area contributed by atoms with Gasteiger partial charge in [-0.05, 0) is 19.9 Å². The van der Waals surface area contributed by atoms with Gasteiger partial charge in [0.1, 0.15) is 33.8 Å². The maximum absolute atomic E-state index is 12.8. The second-order valence-electron chi connectivity index (χ2n) is 6.09. The Morgan fingerprint density at radius 1 is 0.821 bits per heavy atom. The molecule has 0 saturated heterocycles. The van der Waals surface area contributed by atoms with Crippen molar-refractivity contribution in [1.29, 1.82) is 10.5 Å². The molecule has 0 radical (unpaired) electrons. The lowest BCUT2D eigenvalue weighted by Crippen LogP contribution is -2.19. The standard InChI is InChI=1S/C20H12N2O6/c1-9(23)17-13(3-5-21)27-15-8-16-12(7-11(15)19(17)25)20(26)18(10(2)24)14(28-16)4-6-22/h7-8H,3-4H2,1-2H3. The molecule has 0 aliphatic rings. The molecule has 2 heterocycles. The number of hydrogen-bond acceptors (Lipinski definition) is 8. The zero-order valence-corrected chi connectivity index (χ0v) is 14.9. The van der Waals surface area contributed by atoms with Crippen LogP contribution in [0.3, 0.4) is 0 Å². The summed E-state index contributed by atoms with van der Waals surface area (Å²) in [5.41, 5.74) is -1.82. The van der Waals surface area contributed by atoms with Gasteiger partial charge in [0.15, 0.2) is 11.6 Å². The van der Waals surface area contributed by atoms with Gasteiger partial charge in [0, 0.05) is 6.07 Å². The number of nitrogens with zero attached hydrogens (tertiary/aromatic N) is 2. The van der Waals surface area contributed by atoms with E-state index in [0.29, 0.717) is 0 Å². The Kier molecular flexibility index (Phi) is 4.64. The molecule has 0 bridgehead atoms. The average molecular weight is 376 g/mol. The quantitative estimate of drug-likeness (QED) is 0.499. The van der Waals surface area contributed by atoms with Crippen LogP contribution in [0.1, 0.15) is 46.1 Å². The zero-order valence-electron chi connectivity index (χ0n) is 14.9. The number of benzene rings is 1. The third-order valence-electron chi connectivity index (χ3n) is 4.23. The predicted octanol–water partition coefficient (Wildman–Crippen LogP) is 2.44. The molecule has 8 nitrogen and oxygen atoms in total. The Balaban J connectivity index is 2.51. The summed E-state index contributed by atoms with van der Waals surface area (Å²) in [7, 11) is 0. The van der Waals surface area contributed by atoms with E-state index in [4.69, 9.17) is 19.4 Å². The second-order valence-corrected chi connectivity index (χ2v) is 6.09. The fourth-order valence-corrected chi connectivity index (χ4v) is 3.08. The Bertz CT molecular complexity index is 1280. The number of carbonyl (C=O) groups excluding carboxylic acids is 2. The van der Waals surface area contributed by atoms with Crippen LogP contribution in [0, 0.1) is 22.7 Å². The number of fused-ring (bicyclic) bond motifs is 2. The number of rotatable bonds is 4. The van der Waals surface area contributed by atoms with Crippen LogP contribution in [0.4, 0.5) is 0 Å². The van der Waals surface area contributed by atoms with Gasteiger partial charge in [0.2, 0.25) is 10.9 Å². The van der Waals surface area contributed by atoms with Crippen LogP contribution in [0.15, 0.2) is 30.6 Å². The van der Waals surface area contributed by atoms with Crippen molar-refractivity contribution in [3.05, 3.63) is 55.2 Å². The van der Waals surface area contributed by atoms with Crippen LogP contribution in [0.25, 0.3) is 21.9 Å². The molecule has 0 atom stereocenters. The Morgan fingerprint density at radius 3 is 1.54 bits per heavy atom. The molecule has 0 aliphatic carbocycles. The fraction of sp³-hybridized carbons (Fsp3) is 0.200. The second kappa shape index (κ2) is 6.93. The number of Topliss-reactive ketones (excluding diaryl/α,β-unsaturated/α-hetero) is 2. The molecule has 3 aromatic rings. The largest absolute Gasteiger partial charge is 0.459 e. The van der Waals surface area contributed by atoms with E-state index in [2.05, 4.69) is 0 Å². The van der Waals surface area contributed by atoms with E-state index in [1.54, 1.807) is 0 Å². The van der Waals surface area contributed by atoms with Gasteiger partial charge in [-0.15, -0.1) is 0 Å². The van der Waals surface area contributed by atoms with Crippen LogP contribution >= 0.6 is 0 Å². The molecule has 28 heavy (non-hydrogen) atoms. The molecule has 0 amide bonds. The normalized spacial score (nSPS) is 10.6. The molecular weight excluding hydrogens is 364 g/mol. The summed E-state index contributed by atoms with van der Waals surface area (Å²) in [6.45, 7) is 2.35. The molecule has 138 valence electrons. The average Bonchev–Trinajstić information content (AvgIpc) is 2.60. The molecule has 0 saturated carbocycles. The van der Waals surface area contributed by atoms with E-state index < -0.39 is 22.4 Å². The third-order valence-corrected chi connectivity index (χ3v) is 4.23. The van der Waals surface area contributed by atoms with Crippen LogP contribution < -0.4 is 10.9 Å². The molecule has 2 aromatic heterocycles. The van der Waals surface area contributed by atoms with Gasteiger partial charge in [-0.25, -0.2) is 0 Å². The molecule has 8 heteroatoms. The van der Waals surface area contributed by atoms with E-state index in [9.17, 15) is 19.2 Å². The van der Waals surface area contributed by atoms with Gasteiger partial charge < -0.3 is 8.83 Å². The predicted molar refractivity (Wildman–Crippen MR) is 97.2 cm³/mol. The van der Waals surface area contributed by atoms with E-state index >= 15 is 0 Å². The Hall–Kier alpha value is -4.04. The lowest BCUT2D eigenvalue weighted by Gasteiger charge is -2.08. The minimum absolute atomic E-state index is 0.0226. The number of nitriles is 2. The van der Waals surface area contributed by atoms with E-state index in [0.717, 1.165) is 0 Å². The molecule has 0 fully saturated rings. The van der Waals surface area contributed by atoms with Gasteiger partial charge in [-0.3, -0.25) is 19.2 Å². The summed E-state index contributed by atoms with van der Waals surface area (Å²) in [6, 6.07) is 6.15. The lowest BCUT2D eigenvalue weighted by molar-refractivity contribution is 0.100. The lowest BCUT2D eigenvalue weighted by atomic mass is 10.0. The highest BCUT2D eigenvalue weighted by Gasteiger charge is 2.22. The highest BCUT2D eigenvalue weighted by atomic mass is 16.3. The van der Waals surface area contributed by atoms with Crippen molar-refractivity contribution in [2.75, 3.05) is 0 Å². The summed E-state index contributed by atoms with van der Waals surface area (Å²) in [5, 5.41) is 17.8. The van der Waals surface area contributed by atoms with Crippen LogP contribution in [0.2, 0.25) is 0 Å². The van der Waals surface area contributed by atoms with Crippen LogP contribution in [-0.2, 0) is 12.8 Å². The first kappa shape index (κ1) is 18.7. The van der Waals surface area contributed by atoms with Crippen molar-refractivity contribution >= 4 is 33.5 Å². The van der Waals surface area contributed by atoms with Crippen LogP contribution in [-0.4, -0.2) is 11.6 Å². The van der Waals surface area contributed by atoms with E-state index in [1.807, 2.05) is 12.1 Å². The van der Waals surface area contributed by atoms with Gasteiger partial charge in [0.25, 0.3) is 0 Å². The maximum Gasteiger partial charge on any atom is 0.203 e. The molecular formula is C20H12N2O6. The van der Waals surface area contributed by atoms with Crippen molar-refractivity contribution in [2.45, 2.75) is 26.7 Å². The highest BCUT2D eigenvalue weighted by Crippen LogP contribution is 2.24. The van der Waals surface area contributed by atoms with E-state index in [-0.39, 0.29) is 57.4 Å². The van der Waals surface area contributed by atoms with Gasteiger partial charge >= 0.3 is 0 Å². The first-order valence-electron chi connectivity index (χ1n) is 8.15. The molecule has 3 rings (SSSR count). The summed E-state index contributed by atoms with van der Waals surface area (Å²) in [5.74, 6) is -1.29. The SMILES string of the molecule is CC(=O)c1c(CC#N)oc2cc3oc(CC#N)c(C(C)=O)c(=O)c3cc2c1=O. The first-order valence-corrected chi connectivity index (χ1v) is 8.15. The number of ketones is 2. The summed E-state index contributed by atoms with van der Waals surface area (Å²) in [4.78, 5) is 49.3. The molecule has 0 spiro atoms. The van der Waals surface area contributed by atoms with Crippen molar-refractivity contribution < 1.29 is 18.4 Å². The maximum atomic E-state index is 12.8. The smallest absolute Gasteiger partial charge is 0.203 e.